The number of aromatic nitrogens is 1. The maximum absolute atomic E-state index is 13.0. The van der Waals surface area contributed by atoms with E-state index in [1.54, 1.807) is 18.2 Å². The highest BCUT2D eigenvalue weighted by Gasteiger charge is 2.33. The van der Waals surface area contributed by atoms with Crippen LogP contribution in [0.1, 0.15) is 40.3 Å². The summed E-state index contributed by atoms with van der Waals surface area (Å²) in [7, 11) is 1.48. The van der Waals surface area contributed by atoms with E-state index < -0.39 is 22.7 Å². The van der Waals surface area contributed by atoms with Crippen LogP contribution in [0.2, 0.25) is 5.02 Å². The molecule has 6 nitrogen and oxygen atoms in total. The second kappa shape index (κ2) is 11.3. The number of nitrogens with zero attached hydrogens (tertiary/aromatic N) is 1. The molecule has 0 bridgehead atoms. The Bertz CT molecular complexity index is 1120. The Morgan fingerprint density at radius 1 is 0.939 bits per heavy atom. The van der Waals surface area contributed by atoms with Crippen molar-refractivity contribution in [3.63, 3.8) is 0 Å². The molecule has 2 aromatic carbocycles. The van der Waals surface area contributed by atoms with Gasteiger partial charge in [0, 0.05) is 30.6 Å². The lowest BCUT2D eigenvalue weighted by Gasteiger charge is -2.12. The number of amides is 2. The molecule has 0 radical (unpaired) electrons. The number of rotatable bonds is 5. The van der Waals surface area contributed by atoms with Gasteiger partial charge in [-0.2, -0.15) is 13.2 Å². The van der Waals surface area contributed by atoms with Crippen LogP contribution >= 0.6 is 11.6 Å². The van der Waals surface area contributed by atoms with Crippen LogP contribution < -0.4 is 15.4 Å². The van der Waals surface area contributed by atoms with Crippen molar-refractivity contribution in [3.8, 4) is 11.5 Å². The lowest BCUT2D eigenvalue weighted by molar-refractivity contribution is -0.137. The van der Waals surface area contributed by atoms with Crippen molar-refractivity contribution in [1.29, 1.82) is 0 Å². The highest BCUT2D eigenvalue weighted by molar-refractivity contribution is 6.31. The van der Waals surface area contributed by atoms with Crippen LogP contribution in [0.5, 0.6) is 11.5 Å². The molecule has 174 valence electrons. The highest BCUT2D eigenvalue weighted by Crippen LogP contribution is 2.35. The molecule has 2 N–H and O–H groups in total. The number of carbonyl (C=O) groups excluding carboxylic acids is 2. The lowest BCUT2D eigenvalue weighted by atomic mass is 10.1. The molecule has 1 heterocycles. The number of halogens is 4. The second-order valence-electron chi connectivity index (χ2n) is 6.23. The van der Waals surface area contributed by atoms with Gasteiger partial charge in [-0.1, -0.05) is 25.4 Å². The minimum Gasteiger partial charge on any atom is -0.457 e. The first-order chi connectivity index (χ1) is 15.7. The van der Waals surface area contributed by atoms with Crippen LogP contribution in [0.15, 0.2) is 60.8 Å². The fourth-order valence-electron chi connectivity index (χ4n) is 2.56. The molecule has 0 atom stereocenters. The number of hydrogen-bond acceptors (Lipinski definition) is 4. The first-order valence-electron chi connectivity index (χ1n) is 9.81. The van der Waals surface area contributed by atoms with Gasteiger partial charge in [-0.3, -0.25) is 14.6 Å². The van der Waals surface area contributed by atoms with Crippen molar-refractivity contribution in [2.24, 2.45) is 0 Å². The number of alkyl halides is 3. The Balaban J connectivity index is 0.00000187. The van der Waals surface area contributed by atoms with Crippen molar-refractivity contribution >= 4 is 29.1 Å². The molecular weight excluding hydrogens is 459 g/mol. The molecular formula is C23H21ClF3N3O3. The van der Waals surface area contributed by atoms with E-state index in [0.29, 0.717) is 23.3 Å². The average molecular weight is 480 g/mol. The highest BCUT2D eigenvalue weighted by atomic mass is 35.5. The number of nitrogens with one attached hydrogen (secondary N) is 2. The normalized spacial score (nSPS) is 10.5. The van der Waals surface area contributed by atoms with Gasteiger partial charge in [0.25, 0.3) is 11.8 Å². The third-order valence-electron chi connectivity index (χ3n) is 4.07. The monoisotopic (exact) mass is 479 g/mol. The van der Waals surface area contributed by atoms with Crippen molar-refractivity contribution in [2.45, 2.75) is 20.0 Å². The van der Waals surface area contributed by atoms with E-state index in [4.69, 9.17) is 16.3 Å². The molecule has 0 aliphatic rings. The van der Waals surface area contributed by atoms with Crippen molar-refractivity contribution in [3.05, 3.63) is 82.6 Å². The van der Waals surface area contributed by atoms with Gasteiger partial charge < -0.3 is 15.4 Å². The number of hydrogen-bond donors (Lipinski definition) is 2. The SMILES string of the molecule is CC.CNC(=O)c1cc(Oc2ccc(NC(=O)c3ccc(Cl)c(C(F)(F)F)c3)cc2)ccn1. The summed E-state index contributed by atoms with van der Waals surface area (Å²) in [5.41, 5.74) is -0.735. The van der Waals surface area contributed by atoms with Crippen molar-refractivity contribution in [1.82, 2.24) is 10.3 Å². The Hall–Kier alpha value is -3.59. The second-order valence-corrected chi connectivity index (χ2v) is 6.64. The molecule has 0 aliphatic heterocycles. The number of benzene rings is 2. The minimum atomic E-state index is -4.67. The molecule has 0 spiro atoms. The number of ether oxygens (including phenoxy) is 1. The molecule has 0 aliphatic carbocycles. The smallest absolute Gasteiger partial charge is 0.417 e. The lowest BCUT2D eigenvalue weighted by Crippen LogP contribution is -2.18. The summed E-state index contributed by atoms with van der Waals surface area (Å²) >= 11 is 5.57. The molecule has 3 rings (SSSR count). The maximum Gasteiger partial charge on any atom is 0.417 e. The predicted molar refractivity (Wildman–Crippen MR) is 120 cm³/mol. The molecule has 0 saturated carbocycles. The number of pyridine rings is 1. The van der Waals surface area contributed by atoms with E-state index in [1.807, 2.05) is 13.8 Å². The number of carbonyl (C=O) groups is 2. The minimum absolute atomic E-state index is 0.185. The molecule has 0 fully saturated rings. The molecule has 3 aromatic rings. The fraction of sp³-hybridized carbons (Fsp3) is 0.174. The van der Waals surface area contributed by atoms with Gasteiger partial charge in [0.05, 0.1) is 10.6 Å². The molecule has 10 heteroatoms. The maximum atomic E-state index is 13.0. The van der Waals surface area contributed by atoms with Gasteiger partial charge in [-0.05, 0) is 48.5 Å². The summed E-state index contributed by atoms with van der Waals surface area (Å²) in [5.74, 6) is -0.288. The van der Waals surface area contributed by atoms with E-state index in [9.17, 15) is 22.8 Å². The fourth-order valence-corrected chi connectivity index (χ4v) is 2.78. The van der Waals surface area contributed by atoms with Crippen molar-refractivity contribution in [2.75, 3.05) is 12.4 Å². The summed E-state index contributed by atoms with van der Waals surface area (Å²) in [6.45, 7) is 4.00. The Morgan fingerprint density at radius 3 is 2.21 bits per heavy atom. The third-order valence-corrected chi connectivity index (χ3v) is 4.40. The summed E-state index contributed by atoms with van der Waals surface area (Å²) < 4.78 is 44.6. The van der Waals surface area contributed by atoms with E-state index in [0.717, 1.165) is 6.07 Å². The zero-order chi connectivity index (χ0) is 24.6. The van der Waals surface area contributed by atoms with Gasteiger partial charge in [0.15, 0.2) is 0 Å². The Kier molecular flexibility index (Phi) is 8.81. The topological polar surface area (TPSA) is 80.3 Å². The largest absolute Gasteiger partial charge is 0.457 e. The van der Waals surface area contributed by atoms with Gasteiger partial charge >= 0.3 is 6.18 Å². The quantitative estimate of drug-likeness (QED) is 0.457. The van der Waals surface area contributed by atoms with E-state index in [-0.39, 0.29) is 17.2 Å². The first kappa shape index (κ1) is 25.7. The van der Waals surface area contributed by atoms with Crippen LogP contribution in [0.3, 0.4) is 0 Å². The molecule has 0 saturated heterocycles. The van der Waals surface area contributed by atoms with Gasteiger partial charge in [-0.15, -0.1) is 0 Å². The van der Waals surface area contributed by atoms with E-state index >= 15 is 0 Å². The average Bonchev–Trinajstić information content (AvgIpc) is 2.80. The zero-order valence-corrected chi connectivity index (χ0v) is 18.7. The van der Waals surface area contributed by atoms with Crippen LogP contribution in [-0.2, 0) is 6.18 Å². The Labute approximate surface area is 193 Å². The Morgan fingerprint density at radius 2 is 1.61 bits per heavy atom. The molecule has 0 unspecified atom stereocenters. The predicted octanol–water partition coefficient (Wildman–Crippen LogP) is 6.18. The molecule has 2 amide bonds. The summed E-state index contributed by atoms with van der Waals surface area (Å²) in [6, 6.07) is 12.1. The van der Waals surface area contributed by atoms with E-state index in [1.165, 1.54) is 37.5 Å². The first-order valence-corrected chi connectivity index (χ1v) is 10.2. The summed E-state index contributed by atoms with van der Waals surface area (Å²) in [5, 5.41) is 4.49. The standard InChI is InChI=1S/C21H15ClF3N3O3.C2H6/c1-26-20(30)18-11-15(8-9-27-18)31-14-5-3-13(4-6-14)28-19(29)12-2-7-17(22)16(10-12)21(23,24)25;1-2/h2-11H,1H3,(H,26,30)(H,28,29);1-2H3. The van der Waals surface area contributed by atoms with Crippen LogP contribution in [-0.4, -0.2) is 23.8 Å². The van der Waals surface area contributed by atoms with Crippen LogP contribution in [0.25, 0.3) is 0 Å². The third kappa shape index (κ3) is 6.95. The molecule has 1 aromatic heterocycles. The van der Waals surface area contributed by atoms with Crippen LogP contribution in [0, 0.1) is 0 Å². The van der Waals surface area contributed by atoms with Crippen molar-refractivity contribution < 1.29 is 27.5 Å². The van der Waals surface area contributed by atoms with Gasteiger partial charge in [-0.25, -0.2) is 0 Å². The summed E-state index contributed by atoms with van der Waals surface area (Å²) in [4.78, 5) is 27.9. The van der Waals surface area contributed by atoms with E-state index in [2.05, 4.69) is 15.6 Å². The zero-order valence-electron chi connectivity index (χ0n) is 18.0. The van der Waals surface area contributed by atoms with Crippen LogP contribution in [0.4, 0.5) is 18.9 Å². The number of anilines is 1. The molecule has 33 heavy (non-hydrogen) atoms. The van der Waals surface area contributed by atoms with Gasteiger partial charge in [0.1, 0.15) is 17.2 Å². The van der Waals surface area contributed by atoms with Gasteiger partial charge in [0.2, 0.25) is 0 Å². The summed E-state index contributed by atoms with van der Waals surface area (Å²) in [6.07, 6.45) is -3.24.